The summed E-state index contributed by atoms with van der Waals surface area (Å²) in [5, 5.41) is 17.7. The summed E-state index contributed by atoms with van der Waals surface area (Å²) in [6.45, 7) is 4.24. The first-order chi connectivity index (χ1) is 15.7. The zero-order valence-electron chi connectivity index (χ0n) is 19.1. The van der Waals surface area contributed by atoms with Crippen LogP contribution in [0.1, 0.15) is 46.0 Å². The van der Waals surface area contributed by atoms with Gasteiger partial charge in [-0.15, -0.1) is 5.16 Å². The van der Waals surface area contributed by atoms with Crippen molar-refractivity contribution in [2.45, 2.75) is 46.0 Å². The van der Waals surface area contributed by atoms with Crippen LogP contribution in [0.15, 0.2) is 96.2 Å². The van der Waals surface area contributed by atoms with Crippen molar-refractivity contribution in [3.05, 3.63) is 91.0 Å². The van der Waals surface area contributed by atoms with E-state index in [1.165, 1.54) is 0 Å². The van der Waals surface area contributed by atoms with Crippen molar-refractivity contribution in [3.8, 4) is 6.07 Å². The maximum atomic E-state index is 9.43. The number of nitrogens with zero attached hydrogens (tertiary/aromatic N) is 2. The van der Waals surface area contributed by atoms with E-state index in [0.717, 1.165) is 53.4 Å². The van der Waals surface area contributed by atoms with Gasteiger partial charge in [-0.25, -0.2) is 0 Å². The van der Waals surface area contributed by atoms with Gasteiger partial charge >= 0.3 is 8.32 Å². The Morgan fingerprint density at radius 1 is 0.812 bits per heavy atom. The molecule has 0 aliphatic rings. The van der Waals surface area contributed by atoms with Crippen molar-refractivity contribution in [3.63, 3.8) is 0 Å². The van der Waals surface area contributed by atoms with Crippen LogP contribution in [0, 0.1) is 17.2 Å². The Bertz CT molecular complexity index is 917. The summed E-state index contributed by atoms with van der Waals surface area (Å²) >= 11 is 0. The number of oxime groups is 1. The Balaban J connectivity index is 2.05. The lowest BCUT2D eigenvalue weighted by Gasteiger charge is -2.30. The van der Waals surface area contributed by atoms with Gasteiger partial charge in [0.15, 0.2) is 0 Å². The zero-order chi connectivity index (χ0) is 22.7. The molecule has 0 aliphatic carbocycles. The maximum absolute atomic E-state index is 9.43. The van der Waals surface area contributed by atoms with Crippen LogP contribution in [0.3, 0.4) is 0 Å². The molecule has 4 heteroatoms. The highest BCUT2D eigenvalue weighted by atomic mass is 28.4. The van der Waals surface area contributed by atoms with Crippen LogP contribution in [-0.4, -0.2) is 14.0 Å². The molecule has 32 heavy (non-hydrogen) atoms. The van der Waals surface area contributed by atoms with Crippen LogP contribution < -0.4 is 15.6 Å². The van der Waals surface area contributed by atoms with Gasteiger partial charge in [-0.1, -0.05) is 111 Å². The molecule has 0 N–H and O–H groups in total. The van der Waals surface area contributed by atoms with Crippen molar-refractivity contribution < 1.29 is 4.53 Å². The van der Waals surface area contributed by atoms with Gasteiger partial charge in [0, 0.05) is 5.92 Å². The molecule has 164 valence electrons. The summed E-state index contributed by atoms with van der Waals surface area (Å²) < 4.78 is 6.71. The van der Waals surface area contributed by atoms with Crippen molar-refractivity contribution in [2.75, 3.05) is 0 Å². The smallest absolute Gasteiger partial charge is 0.380 e. The van der Waals surface area contributed by atoms with Crippen LogP contribution in [0.2, 0.25) is 0 Å². The third kappa shape index (κ3) is 5.55. The van der Waals surface area contributed by atoms with Crippen molar-refractivity contribution >= 4 is 29.6 Å². The van der Waals surface area contributed by atoms with E-state index in [0.29, 0.717) is 0 Å². The van der Waals surface area contributed by atoms with Gasteiger partial charge in [-0.05, 0) is 41.2 Å². The first-order valence-electron chi connectivity index (χ1n) is 11.5. The van der Waals surface area contributed by atoms with E-state index >= 15 is 0 Å². The molecule has 0 saturated heterocycles. The molecule has 3 aromatic rings. The Hall–Kier alpha value is -3.16. The molecule has 0 saturated carbocycles. The minimum absolute atomic E-state index is 0.0797. The quantitative estimate of drug-likeness (QED) is 0.179. The summed E-state index contributed by atoms with van der Waals surface area (Å²) in [6, 6.07) is 33.9. The van der Waals surface area contributed by atoms with E-state index in [1.54, 1.807) is 0 Å². The molecule has 0 radical (unpaired) electrons. The van der Waals surface area contributed by atoms with Gasteiger partial charge < -0.3 is 4.53 Å². The average Bonchev–Trinajstić information content (AvgIpc) is 2.87. The number of rotatable bonds is 11. The Kier molecular flexibility index (Phi) is 8.83. The molecule has 0 aliphatic heterocycles. The van der Waals surface area contributed by atoms with E-state index < -0.39 is 8.32 Å². The van der Waals surface area contributed by atoms with Gasteiger partial charge in [0.2, 0.25) is 0 Å². The van der Waals surface area contributed by atoms with Gasteiger partial charge in [-0.3, -0.25) is 0 Å². The minimum atomic E-state index is -2.84. The number of hydrogen-bond donors (Lipinski definition) is 0. The van der Waals surface area contributed by atoms with Gasteiger partial charge in [0.25, 0.3) is 0 Å². The fourth-order valence-electron chi connectivity index (χ4n) is 4.06. The molecule has 1 atom stereocenters. The molecule has 3 rings (SSSR count). The summed E-state index contributed by atoms with van der Waals surface area (Å²) in [5.41, 5.74) is 1.01. The van der Waals surface area contributed by atoms with E-state index in [2.05, 4.69) is 92.7 Å². The van der Waals surface area contributed by atoms with Crippen LogP contribution in [0.25, 0.3) is 0 Å². The van der Waals surface area contributed by atoms with Crippen molar-refractivity contribution in [2.24, 2.45) is 11.1 Å². The number of nitriles is 1. The molecule has 3 nitrogen and oxygen atoms in total. The highest BCUT2D eigenvalue weighted by Gasteiger charge is 2.44. The van der Waals surface area contributed by atoms with E-state index in [-0.39, 0.29) is 5.92 Å². The zero-order valence-corrected chi connectivity index (χ0v) is 20.1. The predicted molar refractivity (Wildman–Crippen MR) is 136 cm³/mol. The molecule has 0 spiro atoms. The fourth-order valence-corrected chi connectivity index (χ4v) is 7.63. The maximum Gasteiger partial charge on any atom is 0.380 e. The van der Waals surface area contributed by atoms with E-state index in [9.17, 15) is 5.26 Å². The summed E-state index contributed by atoms with van der Waals surface area (Å²) in [6.07, 6.45) is 4.39. The Morgan fingerprint density at radius 3 is 1.66 bits per heavy atom. The lowest BCUT2D eigenvalue weighted by Crippen LogP contribution is -2.68. The minimum Gasteiger partial charge on any atom is -0.438 e. The standard InChI is InChI=1S/C28H32N2OSi/c1-3-14-24(23-29)21-22-25(4-2)30-31-32(26-15-8-5-9-16-26,27-17-10-6-11-18-27)28-19-12-7-13-20-28/h5-13,15-20,24H,3-4,14,21-22H2,1-2H3/b30-25+. The van der Waals surface area contributed by atoms with E-state index in [1.807, 2.05) is 18.2 Å². The van der Waals surface area contributed by atoms with Crippen molar-refractivity contribution in [1.29, 1.82) is 5.26 Å². The van der Waals surface area contributed by atoms with Gasteiger partial charge in [0.05, 0.1) is 11.8 Å². The highest BCUT2D eigenvalue weighted by Crippen LogP contribution is 2.16. The first-order valence-corrected chi connectivity index (χ1v) is 13.5. The van der Waals surface area contributed by atoms with Gasteiger partial charge in [0.1, 0.15) is 0 Å². The molecule has 0 heterocycles. The third-order valence-electron chi connectivity index (χ3n) is 5.86. The third-order valence-corrected chi connectivity index (χ3v) is 9.67. The lowest BCUT2D eigenvalue weighted by atomic mass is 9.97. The molecule has 1 unspecified atom stereocenters. The molecular formula is C28H32N2OSi. The summed E-state index contributed by atoms with van der Waals surface area (Å²) in [4.78, 5) is 0. The van der Waals surface area contributed by atoms with E-state index in [4.69, 9.17) is 9.68 Å². The van der Waals surface area contributed by atoms with Crippen LogP contribution in [0.4, 0.5) is 0 Å². The van der Waals surface area contributed by atoms with Gasteiger partial charge in [-0.2, -0.15) is 5.26 Å². The van der Waals surface area contributed by atoms with Crippen LogP contribution >= 0.6 is 0 Å². The Labute approximate surface area is 193 Å². The predicted octanol–water partition coefficient (Wildman–Crippen LogP) is 5.16. The SMILES string of the molecule is CCCC(C#N)CC/C(CC)=N/O[Si](c1ccccc1)(c1ccccc1)c1ccccc1. The number of benzene rings is 3. The second kappa shape index (κ2) is 12.0. The first kappa shape index (κ1) is 23.5. The number of hydrogen-bond acceptors (Lipinski definition) is 3. The second-order valence-electron chi connectivity index (χ2n) is 8.03. The summed E-state index contributed by atoms with van der Waals surface area (Å²) in [5.74, 6) is 0.0797. The lowest BCUT2D eigenvalue weighted by molar-refractivity contribution is 0.345. The Morgan fingerprint density at radius 2 is 1.28 bits per heavy atom. The molecular weight excluding hydrogens is 408 g/mol. The monoisotopic (exact) mass is 440 g/mol. The second-order valence-corrected chi connectivity index (χ2v) is 11.3. The van der Waals surface area contributed by atoms with Crippen molar-refractivity contribution in [1.82, 2.24) is 0 Å². The molecule has 0 bridgehead atoms. The van der Waals surface area contributed by atoms with Crippen LogP contribution in [0.5, 0.6) is 0 Å². The molecule has 0 fully saturated rings. The summed E-state index contributed by atoms with van der Waals surface area (Å²) in [7, 11) is -2.84. The van der Waals surface area contributed by atoms with Crippen LogP contribution in [-0.2, 0) is 4.53 Å². The topological polar surface area (TPSA) is 45.4 Å². The molecule has 0 amide bonds. The fraction of sp³-hybridized carbons (Fsp3) is 0.286. The average molecular weight is 441 g/mol. The largest absolute Gasteiger partial charge is 0.438 e. The molecule has 3 aromatic carbocycles. The normalized spacial score (nSPS) is 12.7. The highest BCUT2D eigenvalue weighted by molar-refractivity contribution is 7.07. The molecule has 0 aromatic heterocycles.